The lowest BCUT2D eigenvalue weighted by Gasteiger charge is -2.34. The van der Waals surface area contributed by atoms with Crippen LogP contribution in [0.25, 0.3) is 0 Å². The molecule has 0 aliphatic heterocycles. The van der Waals surface area contributed by atoms with Gasteiger partial charge in [0.1, 0.15) is 18.5 Å². The maximum atomic E-state index is 10.0. The van der Waals surface area contributed by atoms with Crippen molar-refractivity contribution in [3.63, 3.8) is 0 Å². The number of halogens is 1. The first-order valence-corrected chi connectivity index (χ1v) is 8.18. The van der Waals surface area contributed by atoms with Gasteiger partial charge in [0, 0.05) is 16.6 Å². The van der Waals surface area contributed by atoms with Crippen molar-refractivity contribution < 1.29 is 9.84 Å². The minimum atomic E-state index is -0.525. The minimum absolute atomic E-state index is 0.00496. The van der Waals surface area contributed by atoms with Gasteiger partial charge in [0.05, 0.1) is 0 Å². The van der Waals surface area contributed by atoms with Gasteiger partial charge in [0.25, 0.3) is 0 Å². The Morgan fingerprint density at radius 1 is 1.24 bits per heavy atom. The highest BCUT2D eigenvalue weighted by molar-refractivity contribution is 9.10. The van der Waals surface area contributed by atoms with Gasteiger partial charge < -0.3 is 15.2 Å². The first-order chi connectivity index (χ1) is 9.57. The molecule has 0 saturated carbocycles. The van der Waals surface area contributed by atoms with E-state index in [0.29, 0.717) is 6.54 Å². The molecule has 1 aromatic rings. The second kappa shape index (κ2) is 7.61. The van der Waals surface area contributed by atoms with Crippen LogP contribution in [0.3, 0.4) is 0 Å². The Bertz CT molecular complexity index is 441. The quantitative estimate of drug-likeness (QED) is 0.774. The van der Waals surface area contributed by atoms with Crippen molar-refractivity contribution in [1.82, 2.24) is 5.32 Å². The van der Waals surface area contributed by atoms with Crippen LogP contribution in [0.15, 0.2) is 28.7 Å². The summed E-state index contributed by atoms with van der Waals surface area (Å²) >= 11 is 3.40. The van der Waals surface area contributed by atoms with Gasteiger partial charge in [-0.05, 0) is 43.9 Å². The van der Waals surface area contributed by atoms with Crippen molar-refractivity contribution in [2.24, 2.45) is 5.41 Å². The zero-order chi connectivity index (χ0) is 16.1. The number of aliphatic hydroxyl groups is 1. The first kappa shape index (κ1) is 18.5. The molecule has 4 heteroatoms. The van der Waals surface area contributed by atoms with Crippen LogP contribution in [0.1, 0.15) is 41.0 Å². The fourth-order valence-electron chi connectivity index (χ4n) is 2.59. The van der Waals surface area contributed by atoms with Gasteiger partial charge in [-0.15, -0.1) is 0 Å². The van der Waals surface area contributed by atoms with Crippen LogP contribution in [0.5, 0.6) is 5.75 Å². The molecule has 21 heavy (non-hydrogen) atoms. The average molecular weight is 358 g/mol. The molecule has 0 spiro atoms. The summed E-state index contributed by atoms with van der Waals surface area (Å²) in [5.74, 6) is 0.761. The lowest BCUT2D eigenvalue weighted by molar-refractivity contribution is 0.0944. The molecule has 1 rings (SSSR count). The molecule has 0 aliphatic carbocycles. The van der Waals surface area contributed by atoms with Crippen LogP contribution in [0, 0.1) is 5.41 Å². The second-order valence-corrected chi connectivity index (χ2v) is 8.34. The van der Waals surface area contributed by atoms with E-state index in [4.69, 9.17) is 4.74 Å². The van der Waals surface area contributed by atoms with Crippen molar-refractivity contribution in [1.29, 1.82) is 0 Å². The molecule has 0 aromatic heterocycles. The lowest BCUT2D eigenvalue weighted by atomic mass is 9.82. The van der Waals surface area contributed by atoms with Crippen molar-refractivity contribution in [3.8, 4) is 5.75 Å². The summed E-state index contributed by atoms with van der Waals surface area (Å²) in [5, 5.41) is 13.5. The normalized spacial score (nSPS) is 14.0. The van der Waals surface area contributed by atoms with Gasteiger partial charge in [-0.25, -0.2) is 0 Å². The average Bonchev–Trinajstić information content (AvgIpc) is 2.31. The Labute approximate surface area is 137 Å². The topological polar surface area (TPSA) is 41.5 Å². The van der Waals surface area contributed by atoms with Gasteiger partial charge in [-0.2, -0.15) is 0 Å². The molecule has 0 saturated heterocycles. The summed E-state index contributed by atoms with van der Waals surface area (Å²) in [4.78, 5) is 0. The molecule has 0 aliphatic rings. The van der Waals surface area contributed by atoms with E-state index in [-0.39, 0.29) is 17.6 Å². The molecule has 0 bridgehead atoms. The zero-order valence-corrected chi connectivity index (χ0v) is 15.3. The molecule has 0 radical (unpaired) electrons. The van der Waals surface area contributed by atoms with Crippen LogP contribution in [0.4, 0.5) is 0 Å². The zero-order valence-electron chi connectivity index (χ0n) is 13.7. The van der Waals surface area contributed by atoms with E-state index in [1.807, 2.05) is 24.3 Å². The van der Waals surface area contributed by atoms with Gasteiger partial charge in [0.15, 0.2) is 0 Å². The van der Waals surface area contributed by atoms with Gasteiger partial charge in [-0.1, -0.05) is 42.8 Å². The van der Waals surface area contributed by atoms with E-state index in [1.54, 1.807) is 0 Å². The van der Waals surface area contributed by atoms with Crippen molar-refractivity contribution >= 4 is 15.9 Å². The number of hydrogen-bond donors (Lipinski definition) is 2. The van der Waals surface area contributed by atoms with Crippen molar-refractivity contribution in [3.05, 3.63) is 28.7 Å². The SMILES string of the molecule is CC(C)(C)CC(C)(C)NC[C@@H](O)COc1cccc(Br)c1. The fourth-order valence-corrected chi connectivity index (χ4v) is 2.97. The highest BCUT2D eigenvalue weighted by Crippen LogP contribution is 2.26. The number of hydrogen-bond acceptors (Lipinski definition) is 3. The van der Waals surface area contributed by atoms with Crippen LogP contribution < -0.4 is 10.1 Å². The van der Waals surface area contributed by atoms with Crippen molar-refractivity contribution in [2.75, 3.05) is 13.2 Å². The predicted octanol–water partition coefficient (Wildman–Crippen LogP) is 3.99. The summed E-state index contributed by atoms with van der Waals surface area (Å²) in [6.45, 7) is 11.8. The molecule has 0 unspecified atom stereocenters. The Morgan fingerprint density at radius 2 is 1.90 bits per heavy atom. The molecule has 1 atom stereocenters. The van der Waals surface area contributed by atoms with Gasteiger partial charge >= 0.3 is 0 Å². The maximum absolute atomic E-state index is 10.0. The molecule has 1 aromatic carbocycles. The summed E-state index contributed by atoms with van der Waals surface area (Å²) in [5.41, 5.74) is 0.253. The predicted molar refractivity (Wildman–Crippen MR) is 91.8 cm³/mol. The minimum Gasteiger partial charge on any atom is -0.491 e. The van der Waals surface area contributed by atoms with Crippen LogP contribution in [-0.4, -0.2) is 29.9 Å². The van der Waals surface area contributed by atoms with E-state index in [9.17, 15) is 5.11 Å². The van der Waals surface area contributed by atoms with E-state index >= 15 is 0 Å². The largest absolute Gasteiger partial charge is 0.491 e. The molecule has 120 valence electrons. The summed E-state index contributed by atoms with van der Waals surface area (Å²) < 4.78 is 6.57. The molecule has 2 N–H and O–H groups in total. The third-order valence-corrected chi connectivity index (χ3v) is 3.52. The monoisotopic (exact) mass is 357 g/mol. The summed E-state index contributed by atoms with van der Waals surface area (Å²) in [6.07, 6.45) is 0.516. The molecular formula is C17H28BrNO2. The van der Waals surface area contributed by atoms with Crippen LogP contribution in [-0.2, 0) is 0 Å². The summed E-state index contributed by atoms with van der Waals surface area (Å²) in [7, 11) is 0. The van der Waals surface area contributed by atoms with E-state index < -0.39 is 6.10 Å². The Kier molecular flexibility index (Phi) is 6.70. The first-order valence-electron chi connectivity index (χ1n) is 7.39. The highest BCUT2D eigenvalue weighted by Gasteiger charge is 2.25. The molecule has 0 fully saturated rings. The number of rotatable bonds is 7. The number of β-amino-alcohol motifs (C(OH)–C–C–N with tert-alkyl or cyclic N) is 1. The number of benzene rings is 1. The summed E-state index contributed by atoms with van der Waals surface area (Å²) in [6, 6.07) is 7.63. The number of nitrogens with one attached hydrogen (secondary N) is 1. The third kappa shape index (κ3) is 8.44. The van der Waals surface area contributed by atoms with E-state index in [2.05, 4.69) is 55.9 Å². The van der Waals surface area contributed by atoms with E-state index in [0.717, 1.165) is 16.6 Å². The lowest BCUT2D eigenvalue weighted by Crippen LogP contribution is -2.46. The van der Waals surface area contributed by atoms with Crippen LogP contribution >= 0.6 is 15.9 Å². The highest BCUT2D eigenvalue weighted by atomic mass is 79.9. The molecule has 3 nitrogen and oxygen atoms in total. The van der Waals surface area contributed by atoms with Gasteiger partial charge in [-0.3, -0.25) is 0 Å². The second-order valence-electron chi connectivity index (χ2n) is 7.42. The molecule has 0 amide bonds. The Balaban J connectivity index is 2.35. The number of ether oxygens (including phenoxy) is 1. The smallest absolute Gasteiger partial charge is 0.120 e. The number of aliphatic hydroxyl groups excluding tert-OH is 1. The van der Waals surface area contributed by atoms with Crippen molar-refractivity contribution in [2.45, 2.75) is 52.7 Å². The standard InChI is InChI=1S/C17H28BrNO2/c1-16(2,3)12-17(4,5)19-10-14(20)11-21-15-8-6-7-13(18)9-15/h6-9,14,19-20H,10-12H2,1-5H3/t14-/m1/s1. The Hall–Kier alpha value is -0.580. The fraction of sp³-hybridized carbons (Fsp3) is 0.647. The maximum Gasteiger partial charge on any atom is 0.120 e. The Morgan fingerprint density at radius 3 is 2.48 bits per heavy atom. The van der Waals surface area contributed by atoms with E-state index in [1.165, 1.54) is 0 Å². The molecule has 0 heterocycles. The van der Waals surface area contributed by atoms with Crippen LogP contribution in [0.2, 0.25) is 0 Å². The third-order valence-electron chi connectivity index (χ3n) is 3.03. The molecular weight excluding hydrogens is 330 g/mol. The van der Waals surface area contributed by atoms with Gasteiger partial charge in [0.2, 0.25) is 0 Å².